The molecule has 0 fully saturated rings. The maximum atomic E-state index is 13.2. The van der Waals surface area contributed by atoms with E-state index in [1.54, 1.807) is 11.0 Å². The summed E-state index contributed by atoms with van der Waals surface area (Å²) in [5, 5.41) is 3.61. The minimum absolute atomic E-state index is 0.0525. The lowest BCUT2D eigenvalue weighted by molar-refractivity contribution is -0.141. The van der Waals surface area contributed by atoms with Gasteiger partial charge >= 0.3 is 0 Å². The Balaban J connectivity index is 2.07. The SMILES string of the molecule is CC[C@H](C)NC(=O)[C@H](CC)N(Cc1ccccc1Cl)C(=O)CCCOc1ccc(C)cc1. The Morgan fingerprint density at radius 3 is 2.38 bits per heavy atom. The van der Waals surface area contributed by atoms with E-state index in [-0.39, 0.29) is 17.9 Å². The highest BCUT2D eigenvalue weighted by atomic mass is 35.5. The maximum Gasteiger partial charge on any atom is 0.243 e. The molecule has 2 amide bonds. The topological polar surface area (TPSA) is 58.6 Å². The zero-order valence-electron chi connectivity index (χ0n) is 19.6. The maximum absolute atomic E-state index is 13.2. The van der Waals surface area contributed by atoms with E-state index in [1.165, 1.54) is 5.56 Å². The summed E-state index contributed by atoms with van der Waals surface area (Å²) in [5.74, 6) is 0.581. The first-order valence-corrected chi connectivity index (χ1v) is 11.8. The lowest BCUT2D eigenvalue weighted by Gasteiger charge is -2.31. The Morgan fingerprint density at radius 1 is 1.06 bits per heavy atom. The number of carbonyl (C=O) groups excluding carboxylic acids is 2. The van der Waals surface area contributed by atoms with Crippen LogP contribution in [0.5, 0.6) is 5.75 Å². The number of carbonyl (C=O) groups is 2. The molecule has 0 unspecified atom stereocenters. The van der Waals surface area contributed by atoms with Gasteiger partial charge in [0.2, 0.25) is 11.8 Å². The van der Waals surface area contributed by atoms with Crippen molar-refractivity contribution < 1.29 is 14.3 Å². The van der Waals surface area contributed by atoms with Crippen LogP contribution in [0.1, 0.15) is 57.6 Å². The van der Waals surface area contributed by atoms with Gasteiger partial charge < -0.3 is 15.0 Å². The van der Waals surface area contributed by atoms with E-state index in [1.807, 2.05) is 70.2 Å². The summed E-state index contributed by atoms with van der Waals surface area (Å²) < 4.78 is 5.76. The van der Waals surface area contributed by atoms with Crippen molar-refractivity contribution in [2.24, 2.45) is 0 Å². The van der Waals surface area contributed by atoms with Gasteiger partial charge in [-0.05, 0) is 56.9 Å². The fraction of sp³-hybridized carbons (Fsp3) is 0.462. The molecule has 2 aromatic rings. The molecule has 0 aliphatic carbocycles. The predicted octanol–water partition coefficient (Wildman–Crippen LogP) is 5.53. The van der Waals surface area contributed by atoms with Gasteiger partial charge in [-0.25, -0.2) is 0 Å². The molecule has 6 heteroatoms. The minimum atomic E-state index is -0.550. The van der Waals surface area contributed by atoms with Gasteiger partial charge in [0.15, 0.2) is 0 Å². The van der Waals surface area contributed by atoms with Crippen molar-refractivity contribution in [1.29, 1.82) is 0 Å². The number of nitrogens with zero attached hydrogens (tertiary/aromatic N) is 1. The number of halogens is 1. The van der Waals surface area contributed by atoms with Crippen molar-refractivity contribution in [3.8, 4) is 5.75 Å². The Labute approximate surface area is 197 Å². The van der Waals surface area contributed by atoms with Crippen molar-refractivity contribution in [2.45, 2.75) is 72.0 Å². The third-order valence-electron chi connectivity index (χ3n) is 5.51. The summed E-state index contributed by atoms with van der Waals surface area (Å²) in [6.07, 6.45) is 2.22. The van der Waals surface area contributed by atoms with Crippen LogP contribution in [0.3, 0.4) is 0 Å². The van der Waals surface area contributed by atoms with E-state index in [0.717, 1.165) is 17.7 Å². The lowest BCUT2D eigenvalue weighted by Crippen LogP contribution is -2.50. The second kappa shape index (κ2) is 13.1. The number of ether oxygens (including phenoxy) is 1. The van der Waals surface area contributed by atoms with Crippen LogP contribution < -0.4 is 10.1 Å². The molecule has 2 atom stereocenters. The van der Waals surface area contributed by atoms with Gasteiger partial charge in [-0.2, -0.15) is 0 Å². The fourth-order valence-electron chi connectivity index (χ4n) is 3.36. The number of rotatable bonds is 12. The third kappa shape index (κ3) is 7.86. The molecule has 0 aromatic heterocycles. The quantitative estimate of drug-likeness (QED) is 0.425. The fourth-order valence-corrected chi connectivity index (χ4v) is 3.56. The zero-order chi connectivity index (χ0) is 23.5. The standard InChI is InChI=1S/C26H35ClN2O3/c1-5-20(4)28-26(31)24(6-2)29(18-21-10-7-8-11-23(21)27)25(30)12-9-17-32-22-15-13-19(3)14-16-22/h7-8,10-11,13-16,20,24H,5-6,9,12,17-18H2,1-4H3,(H,28,31)/t20-,24-/m0/s1. The van der Waals surface area contributed by atoms with E-state index in [4.69, 9.17) is 16.3 Å². The molecule has 2 aromatic carbocycles. The second-order valence-electron chi connectivity index (χ2n) is 8.12. The molecule has 32 heavy (non-hydrogen) atoms. The smallest absolute Gasteiger partial charge is 0.243 e. The molecule has 2 rings (SSSR count). The number of amides is 2. The average Bonchev–Trinajstić information content (AvgIpc) is 2.78. The predicted molar refractivity (Wildman–Crippen MR) is 130 cm³/mol. The molecule has 0 saturated carbocycles. The first kappa shape index (κ1) is 25.7. The van der Waals surface area contributed by atoms with E-state index < -0.39 is 6.04 Å². The van der Waals surface area contributed by atoms with Crippen LogP contribution in [0.25, 0.3) is 0 Å². The summed E-state index contributed by atoms with van der Waals surface area (Å²) in [4.78, 5) is 27.8. The number of nitrogens with one attached hydrogen (secondary N) is 1. The zero-order valence-corrected chi connectivity index (χ0v) is 20.3. The molecule has 0 bridgehead atoms. The molecule has 0 aliphatic heterocycles. The molecular formula is C26H35ClN2O3. The number of benzene rings is 2. The Hall–Kier alpha value is -2.53. The van der Waals surface area contributed by atoms with Gasteiger partial charge in [-0.3, -0.25) is 9.59 Å². The van der Waals surface area contributed by atoms with Crippen LogP contribution in [0.4, 0.5) is 0 Å². The molecule has 0 heterocycles. The molecule has 0 spiro atoms. The van der Waals surface area contributed by atoms with Crippen molar-refractivity contribution >= 4 is 23.4 Å². The average molecular weight is 459 g/mol. The molecule has 0 saturated heterocycles. The van der Waals surface area contributed by atoms with Gasteiger partial charge in [-0.15, -0.1) is 0 Å². The molecule has 0 aliphatic rings. The van der Waals surface area contributed by atoms with E-state index in [0.29, 0.717) is 37.4 Å². The first-order chi connectivity index (χ1) is 15.3. The van der Waals surface area contributed by atoms with Gasteiger partial charge in [0, 0.05) is 24.0 Å². The first-order valence-electron chi connectivity index (χ1n) is 11.4. The summed E-state index contributed by atoms with van der Waals surface area (Å²) in [5.41, 5.74) is 2.00. The van der Waals surface area contributed by atoms with E-state index in [2.05, 4.69) is 5.32 Å². The molecule has 1 N–H and O–H groups in total. The van der Waals surface area contributed by atoms with Crippen molar-refractivity contribution in [1.82, 2.24) is 10.2 Å². The normalized spacial score (nSPS) is 12.7. The van der Waals surface area contributed by atoms with Gasteiger partial charge in [0.05, 0.1) is 6.61 Å². The summed E-state index contributed by atoms with van der Waals surface area (Å²) in [6, 6.07) is 14.8. The minimum Gasteiger partial charge on any atom is -0.494 e. The van der Waals surface area contributed by atoms with Crippen molar-refractivity contribution in [2.75, 3.05) is 6.61 Å². The Kier molecular flexibility index (Phi) is 10.5. The van der Waals surface area contributed by atoms with Gasteiger partial charge in [-0.1, -0.05) is 61.3 Å². The van der Waals surface area contributed by atoms with Crippen LogP contribution >= 0.6 is 11.6 Å². The second-order valence-corrected chi connectivity index (χ2v) is 8.53. The van der Waals surface area contributed by atoms with Crippen LogP contribution in [-0.4, -0.2) is 35.4 Å². The van der Waals surface area contributed by atoms with Crippen LogP contribution in [0.15, 0.2) is 48.5 Å². The van der Waals surface area contributed by atoms with Crippen LogP contribution in [-0.2, 0) is 16.1 Å². The Morgan fingerprint density at radius 2 is 1.75 bits per heavy atom. The van der Waals surface area contributed by atoms with E-state index in [9.17, 15) is 9.59 Å². The molecular weight excluding hydrogens is 424 g/mol. The molecule has 5 nitrogen and oxygen atoms in total. The molecule has 174 valence electrons. The lowest BCUT2D eigenvalue weighted by atomic mass is 10.1. The largest absolute Gasteiger partial charge is 0.494 e. The van der Waals surface area contributed by atoms with Gasteiger partial charge in [0.1, 0.15) is 11.8 Å². The summed E-state index contributed by atoms with van der Waals surface area (Å²) in [7, 11) is 0. The highest BCUT2D eigenvalue weighted by Gasteiger charge is 2.29. The van der Waals surface area contributed by atoms with E-state index >= 15 is 0 Å². The highest BCUT2D eigenvalue weighted by Crippen LogP contribution is 2.21. The summed E-state index contributed by atoms with van der Waals surface area (Å²) >= 11 is 6.35. The Bertz CT molecular complexity index is 870. The summed E-state index contributed by atoms with van der Waals surface area (Å²) in [6.45, 7) is 8.67. The monoisotopic (exact) mass is 458 g/mol. The van der Waals surface area contributed by atoms with Crippen LogP contribution in [0, 0.1) is 6.92 Å². The van der Waals surface area contributed by atoms with Gasteiger partial charge in [0.25, 0.3) is 0 Å². The third-order valence-corrected chi connectivity index (χ3v) is 5.88. The highest BCUT2D eigenvalue weighted by molar-refractivity contribution is 6.31. The van der Waals surface area contributed by atoms with Crippen LogP contribution in [0.2, 0.25) is 5.02 Å². The number of aryl methyl sites for hydroxylation is 1. The van der Waals surface area contributed by atoms with Crippen molar-refractivity contribution in [3.05, 3.63) is 64.7 Å². The van der Waals surface area contributed by atoms with Crippen molar-refractivity contribution in [3.63, 3.8) is 0 Å². The number of hydrogen-bond donors (Lipinski definition) is 1. The number of hydrogen-bond acceptors (Lipinski definition) is 3. The molecule has 0 radical (unpaired) electrons.